The highest BCUT2D eigenvalue weighted by Gasteiger charge is 2.11. The van der Waals surface area contributed by atoms with Gasteiger partial charge in [-0.1, -0.05) is 0 Å². The second kappa shape index (κ2) is 1.27. The van der Waals surface area contributed by atoms with Crippen molar-refractivity contribution in [1.82, 2.24) is 20.2 Å². The van der Waals surface area contributed by atoms with Gasteiger partial charge in [0, 0.05) is 13.0 Å². The van der Waals surface area contributed by atoms with Crippen molar-refractivity contribution in [2.24, 2.45) is 0 Å². The Morgan fingerprint density at radius 2 is 2.50 bits per heavy atom. The normalized spacial score (nSPS) is 16.5. The second-order valence-electron chi connectivity index (χ2n) is 1.92. The molecule has 0 unspecified atom stereocenters. The summed E-state index contributed by atoms with van der Waals surface area (Å²) < 4.78 is 1.85. The van der Waals surface area contributed by atoms with Gasteiger partial charge in [-0.3, -0.25) is 0 Å². The Balaban J connectivity index is 2.54. The average molecular weight is 110 g/mol. The van der Waals surface area contributed by atoms with Crippen LogP contribution >= 0.6 is 0 Å². The second-order valence-corrected chi connectivity index (χ2v) is 1.92. The van der Waals surface area contributed by atoms with Gasteiger partial charge in [0.05, 0.1) is 0 Å². The molecule has 8 heavy (non-hydrogen) atoms. The maximum atomic E-state index is 3.80. The van der Waals surface area contributed by atoms with Crippen LogP contribution in [0.1, 0.15) is 12.2 Å². The van der Waals surface area contributed by atoms with Crippen LogP contribution in [0, 0.1) is 0 Å². The molecule has 4 heteroatoms. The molecule has 0 saturated heterocycles. The predicted octanol–water partition coefficient (Wildman–Crippen LogP) is -0.381. The molecule has 0 atom stereocenters. The summed E-state index contributed by atoms with van der Waals surface area (Å²) in [6, 6.07) is 0. The standard InChI is InChI=1S/C4H6N4/c1-2-4-5-6-7-8(4)3-1/h1-3H2. The lowest BCUT2D eigenvalue weighted by Crippen LogP contribution is -1.93. The third kappa shape index (κ3) is 0.370. The van der Waals surface area contributed by atoms with Crippen molar-refractivity contribution in [3.63, 3.8) is 0 Å². The molecule has 0 bridgehead atoms. The first-order valence-corrected chi connectivity index (χ1v) is 2.72. The zero-order valence-electron chi connectivity index (χ0n) is 4.41. The van der Waals surface area contributed by atoms with Crippen molar-refractivity contribution in [2.45, 2.75) is 19.4 Å². The predicted molar refractivity (Wildman–Crippen MR) is 26.1 cm³/mol. The molecular weight excluding hydrogens is 104 g/mol. The van der Waals surface area contributed by atoms with E-state index < -0.39 is 0 Å². The van der Waals surface area contributed by atoms with Gasteiger partial charge in [-0.25, -0.2) is 4.68 Å². The quantitative estimate of drug-likeness (QED) is 0.457. The molecule has 1 aliphatic heterocycles. The van der Waals surface area contributed by atoms with E-state index in [0.29, 0.717) is 0 Å². The van der Waals surface area contributed by atoms with Gasteiger partial charge in [-0.2, -0.15) is 0 Å². The van der Waals surface area contributed by atoms with E-state index in [0.717, 1.165) is 18.8 Å². The monoisotopic (exact) mass is 110 g/mol. The van der Waals surface area contributed by atoms with Crippen LogP contribution in [0.15, 0.2) is 0 Å². The van der Waals surface area contributed by atoms with Crippen molar-refractivity contribution in [2.75, 3.05) is 0 Å². The third-order valence-corrected chi connectivity index (χ3v) is 1.38. The molecule has 0 spiro atoms. The summed E-state index contributed by atoms with van der Waals surface area (Å²) in [5, 5.41) is 11.1. The Labute approximate surface area is 46.5 Å². The molecular formula is C4H6N4. The molecule has 0 radical (unpaired) electrons. The highest BCUT2D eigenvalue weighted by atomic mass is 15.5. The number of fused-ring (bicyclic) bond motifs is 1. The SMILES string of the molecule is C1Cc2nnnn2C1. The highest BCUT2D eigenvalue weighted by molar-refractivity contribution is 4.85. The van der Waals surface area contributed by atoms with Crippen LogP contribution in [0.4, 0.5) is 0 Å². The Hall–Kier alpha value is -0.930. The molecule has 0 aromatic carbocycles. The van der Waals surface area contributed by atoms with E-state index in [1.807, 2.05) is 4.68 Å². The Morgan fingerprint density at radius 3 is 3.38 bits per heavy atom. The summed E-state index contributed by atoms with van der Waals surface area (Å²) in [6.07, 6.45) is 2.23. The van der Waals surface area contributed by atoms with Crippen molar-refractivity contribution >= 4 is 0 Å². The molecule has 1 aliphatic rings. The van der Waals surface area contributed by atoms with E-state index in [1.165, 1.54) is 6.42 Å². The topological polar surface area (TPSA) is 43.6 Å². The summed E-state index contributed by atoms with van der Waals surface area (Å²) in [5.74, 6) is 1.03. The first-order valence-electron chi connectivity index (χ1n) is 2.72. The molecule has 4 nitrogen and oxygen atoms in total. The third-order valence-electron chi connectivity index (χ3n) is 1.38. The molecule has 2 heterocycles. The Morgan fingerprint density at radius 1 is 1.50 bits per heavy atom. The fourth-order valence-electron chi connectivity index (χ4n) is 0.963. The van der Waals surface area contributed by atoms with E-state index in [9.17, 15) is 0 Å². The highest BCUT2D eigenvalue weighted by Crippen LogP contribution is 2.06. The maximum absolute atomic E-state index is 3.80. The summed E-state index contributed by atoms with van der Waals surface area (Å²) in [4.78, 5) is 0. The van der Waals surface area contributed by atoms with Gasteiger partial charge in [0.2, 0.25) is 0 Å². The van der Waals surface area contributed by atoms with Crippen LogP contribution in [0.5, 0.6) is 0 Å². The van der Waals surface area contributed by atoms with Gasteiger partial charge < -0.3 is 0 Å². The minimum absolute atomic E-state index is 1.00. The fourth-order valence-corrected chi connectivity index (χ4v) is 0.963. The van der Waals surface area contributed by atoms with Gasteiger partial charge >= 0.3 is 0 Å². The van der Waals surface area contributed by atoms with E-state index in [4.69, 9.17) is 0 Å². The van der Waals surface area contributed by atoms with Gasteiger partial charge in [-0.15, -0.1) is 5.10 Å². The molecule has 2 rings (SSSR count). The first kappa shape index (κ1) is 4.00. The van der Waals surface area contributed by atoms with Crippen molar-refractivity contribution in [3.05, 3.63) is 5.82 Å². The summed E-state index contributed by atoms with van der Waals surface area (Å²) in [6.45, 7) is 1.00. The van der Waals surface area contributed by atoms with Gasteiger partial charge in [0.25, 0.3) is 0 Å². The number of rotatable bonds is 0. The van der Waals surface area contributed by atoms with E-state index in [-0.39, 0.29) is 0 Å². The largest absolute Gasteiger partial charge is 0.230 e. The minimum Gasteiger partial charge on any atom is -0.230 e. The van der Waals surface area contributed by atoms with Crippen LogP contribution in [0.25, 0.3) is 0 Å². The lowest BCUT2D eigenvalue weighted by molar-refractivity contribution is 0.619. The van der Waals surface area contributed by atoms with Crippen LogP contribution in [0.3, 0.4) is 0 Å². The maximum Gasteiger partial charge on any atom is 0.151 e. The van der Waals surface area contributed by atoms with Crippen LogP contribution in [0.2, 0.25) is 0 Å². The van der Waals surface area contributed by atoms with Crippen molar-refractivity contribution in [1.29, 1.82) is 0 Å². The number of nitrogens with zero attached hydrogens (tertiary/aromatic N) is 4. The Bertz CT molecular complexity index is 173. The molecule has 0 amide bonds. The molecule has 1 aromatic heterocycles. The number of hydrogen-bond acceptors (Lipinski definition) is 3. The van der Waals surface area contributed by atoms with Crippen molar-refractivity contribution in [3.8, 4) is 0 Å². The number of hydrogen-bond donors (Lipinski definition) is 0. The fraction of sp³-hybridized carbons (Fsp3) is 0.750. The zero-order chi connectivity index (χ0) is 5.40. The lowest BCUT2D eigenvalue weighted by Gasteiger charge is -1.82. The molecule has 42 valence electrons. The van der Waals surface area contributed by atoms with Crippen molar-refractivity contribution < 1.29 is 0 Å². The van der Waals surface area contributed by atoms with E-state index in [1.54, 1.807) is 0 Å². The lowest BCUT2D eigenvalue weighted by atomic mass is 10.4. The van der Waals surface area contributed by atoms with Gasteiger partial charge in [0.15, 0.2) is 5.82 Å². The number of aromatic nitrogens is 4. The number of tetrazole rings is 1. The number of aryl methyl sites for hydroxylation is 2. The summed E-state index contributed by atoms with van der Waals surface area (Å²) in [5.41, 5.74) is 0. The zero-order valence-corrected chi connectivity index (χ0v) is 4.41. The first-order chi connectivity index (χ1) is 3.97. The minimum atomic E-state index is 1.00. The molecule has 0 aliphatic carbocycles. The average Bonchev–Trinajstić information content (AvgIpc) is 2.15. The van der Waals surface area contributed by atoms with Gasteiger partial charge in [-0.05, 0) is 16.8 Å². The van der Waals surface area contributed by atoms with E-state index >= 15 is 0 Å². The van der Waals surface area contributed by atoms with Gasteiger partial charge in [0.1, 0.15) is 0 Å². The molecule has 0 fully saturated rings. The summed E-state index contributed by atoms with van der Waals surface area (Å²) >= 11 is 0. The molecule has 0 N–H and O–H groups in total. The van der Waals surface area contributed by atoms with E-state index in [2.05, 4.69) is 15.5 Å². The van der Waals surface area contributed by atoms with Crippen LogP contribution in [-0.2, 0) is 13.0 Å². The summed E-state index contributed by atoms with van der Waals surface area (Å²) in [7, 11) is 0. The molecule has 0 saturated carbocycles. The van der Waals surface area contributed by atoms with Crippen LogP contribution in [-0.4, -0.2) is 20.2 Å². The Kier molecular flexibility index (Phi) is 0.637. The van der Waals surface area contributed by atoms with Crippen LogP contribution < -0.4 is 0 Å². The molecule has 1 aromatic rings. The smallest absolute Gasteiger partial charge is 0.151 e.